The summed E-state index contributed by atoms with van der Waals surface area (Å²) < 4.78 is 24.0. The van der Waals surface area contributed by atoms with Crippen molar-refractivity contribution in [2.75, 3.05) is 0 Å². The Bertz CT molecular complexity index is 647. The highest BCUT2D eigenvalue weighted by Crippen LogP contribution is 2.26. The van der Waals surface area contributed by atoms with E-state index in [0.29, 0.717) is 6.29 Å². The topological polar surface area (TPSA) is 76.7 Å². The maximum absolute atomic E-state index is 13.6. The van der Waals surface area contributed by atoms with Crippen LogP contribution in [0.1, 0.15) is 39.7 Å². The molecule has 1 atom stereocenters. The molecule has 6 heteroatoms. The standard InChI is InChI=1S/C14H11FO5/c1-8(11-4-5-13(20-11)14(17)18)19-12-3-2-9(7-16)6-10(12)15/h2-8H,1H3,(H,17,18). The molecular formula is C14H11FO5. The van der Waals surface area contributed by atoms with E-state index >= 15 is 0 Å². The van der Waals surface area contributed by atoms with Crippen molar-refractivity contribution in [2.45, 2.75) is 13.0 Å². The number of benzene rings is 1. The van der Waals surface area contributed by atoms with Gasteiger partial charge in [-0.3, -0.25) is 4.79 Å². The van der Waals surface area contributed by atoms with Crippen LogP contribution in [0.3, 0.4) is 0 Å². The molecule has 1 aromatic carbocycles. The molecule has 0 saturated heterocycles. The Morgan fingerprint density at radius 3 is 2.70 bits per heavy atom. The van der Waals surface area contributed by atoms with Crippen molar-refractivity contribution < 1.29 is 28.2 Å². The van der Waals surface area contributed by atoms with Crippen LogP contribution in [0.4, 0.5) is 4.39 Å². The molecule has 20 heavy (non-hydrogen) atoms. The van der Waals surface area contributed by atoms with Gasteiger partial charge in [-0.2, -0.15) is 0 Å². The van der Waals surface area contributed by atoms with Crippen LogP contribution in [-0.4, -0.2) is 17.4 Å². The first-order chi connectivity index (χ1) is 9.51. The number of furan rings is 1. The molecule has 1 N–H and O–H groups in total. The minimum atomic E-state index is -1.19. The second kappa shape index (κ2) is 5.56. The van der Waals surface area contributed by atoms with Gasteiger partial charge in [0.05, 0.1) is 0 Å². The first-order valence-electron chi connectivity index (χ1n) is 5.75. The molecule has 0 spiro atoms. The van der Waals surface area contributed by atoms with E-state index in [1.807, 2.05) is 0 Å². The SMILES string of the molecule is CC(Oc1ccc(C=O)cc1F)c1ccc(C(=O)O)o1. The van der Waals surface area contributed by atoms with Crippen LogP contribution < -0.4 is 4.74 Å². The third-order valence-corrected chi connectivity index (χ3v) is 2.63. The van der Waals surface area contributed by atoms with Crippen LogP contribution in [0.5, 0.6) is 5.75 Å². The molecule has 0 aliphatic heterocycles. The summed E-state index contributed by atoms with van der Waals surface area (Å²) in [5, 5.41) is 8.74. The number of aldehydes is 1. The van der Waals surface area contributed by atoms with Gasteiger partial charge in [-0.1, -0.05) is 0 Å². The monoisotopic (exact) mass is 278 g/mol. The molecule has 0 aliphatic rings. The molecule has 0 fully saturated rings. The smallest absolute Gasteiger partial charge is 0.371 e. The van der Waals surface area contributed by atoms with Crippen molar-refractivity contribution in [1.29, 1.82) is 0 Å². The van der Waals surface area contributed by atoms with Crippen molar-refractivity contribution in [2.24, 2.45) is 0 Å². The maximum atomic E-state index is 13.6. The summed E-state index contributed by atoms with van der Waals surface area (Å²) >= 11 is 0. The van der Waals surface area contributed by atoms with Crippen molar-refractivity contribution in [1.82, 2.24) is 0 Å². The molecule has 0 bridgehead atoms. The number of carbonyl (C=O) groups excluding carboxylic acids is 1. The molecule has 0 amide bonds. The van der Waals surface area contributed by atoms with E-state index in [2.05, 4.69) is 0 Å². The minimum Gasteiger partial charge on any atom is -0.480 e. The van der Waals surface area contributed by atoms with Gasteiger partial charge in [0.2, 0.25) is 5.76 Å². The average molecular weight is 278 g/mol. The normalized spacial score (nSPS) is 11.9. The highest BCUT2D eigenvalue weighted by molar-refractivity contribution is 5.84. The maximum Gasteiger partial charge on any atom is 0.371 e. The van der Waals surface area contributed by atoms with Crippen molar-refractivity contribution in [3.63, 3.8) is 0 Å². The molecule has 0 aliphatic carbocycles. The second-order valence-electron chi connectivity index (χ2n) is 4.07. The predicted octanol–water partition coefficient (Wildman–Crippen LogP) is 3.07. The first kappa shape index (κ1) is 13.8. The first-order valence-corrected chi connectivity index (χ1v) is 5.75. The lowest BCUT2D eigenvalue weighted by molar-refractivity contribution is 0.0654. The quantitative estimate of drug-likeness (QED) is 0.850. The largest absolute Gasteiger partial charge is 0.480 e. The van der Waals surface area contributed by atoms with Crippen LogP contribution >= 0.6 is 0 Å². The average Bonchev–Trinajstić information content (AvgIpc) is 2.91. The van der Waals surface area contributed by atoms with E-state index in [0.717, 1.165) is 6.07 Å². The summed E-state index contributed by atoms with van der Waals surface area (Å²) in [5.74, 6) is -1.86. The Labute approximate surface area is 113 Å². The zero-order chi connectivity index (χ0) is 14.7. The van der Waals surface area contributed by atoms with Gasteiger partial charge < -0.3 is 14.3 Å². The molecule has 1 heterocycles. The van der Waals surface area contributed by atoms with Crippen molar-refractivity contribution in [3.8, 4) is 5.75 Å². The molecule has 2 aromatic rings. The number of rotatable bonds is 5. The van der Waals surface area contributed by atoms with Gasteiger partial charge in [0.1, 0.15) is 12.0 Å². The van der Waals surface area contributed by atoms with Gasteiger partial charge in [-0.25, -0.2) is 9.18 Å². The van der Waals surface area contributed by atoms with E-state index in [4.69, 9.17) is 14.3 Å². The number of carboxylic acids is 1. The van der Waals surface area contributed by atoms with Crippen LogP contribution in [0.15, 0.2) is 34.7 Å². The number of carboxylic acid groups (broad SMARTS) is 1. The molecule has 5 nitrogen and oxygen atoms in total. The summed E-state index contributed by atoms with van der Waals surface area (Å²) in [6, 6.07) is 6.55. The fourth-order valence-electron chi connectivity index (χ4n) is 1.62. The molecular weight excluding hydrogens is 267 g/mol. The van der Waals surface area contributed by atoms with E-state index in [1.54, 1.807) is 6.92 Å². The zero-order valence-electron chi connectivity index (χ0n) is 10.5. The fraction of sp³-hybridized carbons (Fsp3) is 0.143. The van der Waals surface area contributed by atoms with Crippen molar-refractivity contribution >= 4 is 12.3 Å². The van der Waals surface area contributed by atoms with E-state index in [-0.39, 0.29) is 22.8 Å². The number of carbonyl (C=O) groups is 2. The third kappa shape index (κ3) is 2.85. The molecule has 2 rings (SSSR count). The Morgan fingerprint density at radius 2 is 2.15 bits per heavy atom. The Balaban J connectivity index is 2.16. The fourth-order valence-corrected chi connectivity index (χ4v) is 1.62. The van der Waals surface area contributed by atoms with Crippen LogP contribution in [0.2, 0.25) is 0 Å². The van der Waals surface area contributed by atoms with Gasteiger partial charge in [0.15, 0.2) is 17.7 Å². The summed E-state index contributed by atoms with van der Waals surface area (Å²) in [4.78, 5) is 21.2. The highest BCUT2D eigenvalue weighted by Gasteiger charge is 2.17. The van der Waals surface area contributed by atoms with Crippen LogP contribution in [0, 0.1) is 5.82 Å². The predicted molar refractivity (Wildman–Crippen MR) is 66.5 cm³/mol. The Kier molecular flexibility index (Phi) is 3.84. The Morgan fingerprint density at radius 1 is 1.40 bits per heavy atom. The van der Waals surface area contributed by atoms with E-state index < -0.39 is 17.9 Å². The second-order valence-corrected chi connectivity index (χ2v) is 4.07. The highest BCUT2D eigenvalue weighted by atomic mass is 19.1. The number of aromatic carboxylic acids is 1. The summed E-state index contributed by atoms with van der Waals surface area (Å²) in [6.07, 6.45) is -0.137. The lowest BCUT2D eigenvalue weighted by atomic mass is 10.2. The molecule has 1 unspecified atom stereocenters. The van der Waals surface area contributed by atoms with Crippen molar-refractivity contribution in [3.05, 3.63) is 53.2 Å². The molecule has 0 saturated carbocycles. The van der Waals surface area contributed by atoms with E-state index in [1.165, 1.54) is 24.3 Å². The number of ether oxygens (including phenoxy) is 1. The number of halogens is 1. The zero-order valence-corrected chi connectivity index (χ0v) is 10.5. The van der Waals surface area contributed by atoms with E-state index in [9.17, 15) is 14.0 Å². The van der Waals surface area contributed by atoms with Gasteiger partial charge in [-0.05, 0) is 37.3 Å². The Hall–Kier alpha value is -2.63. The van der Waals surface area contributed by atoms with Gasteiger partial charge in [0, 0.05) is 5.56 Å². The number of hydrogen-bond acceptors (Lipinski definition) is 4. The molecule has 0 radical (unpaired) electrons. The van der Waals surface area contributed by atoms with Crippen LogP contribution in [0.25, 0.3) is 0 Å². The number of hydrogen-bond donors (Lipinski definition) is 1. The summed E-state index contributed by atoms with van der Waals surface area (Å²) in [6.45, 7) is 1.59. The minimum absolute atomic E-state index is 0.0450. The molecule has 1 aromatic heterocycles. The summed E-state index contributed by atoms with van der Waals surface area (Å²) in [5.41, 5.74) is 0.202. The van der Waals surface area contributed by atoms with Crippen LogP contribution in [-0.2, 0) is 0 Å². The lowest BCUT2D eigenvalue weighted by Crippen LogP contribution is -2.04. The van der Waals surface area contributed by atoms with Gasteiger partial charge in [0.25, 0.3) is 0 Å². The third-order valence-electron chi connectivity index (χ3n) is 2.63. The summed E-state index contributed by atoms with van der Waals surface area (Å²) in [7, 11) is 0. The lowest BCUT2D eigenvalue weighted by Gasteiger charge is -2.13. The van der Waals surface area contributed by atoms with Gasteiger partial charge in [-0.15, -0.1) is 0 Å². The molecule has 104 valence electrons. The van der Waals surface area contributed by atoms with Gasteiger partial charge >= 0.3 is 5.97 Å².